The number of rotatable bonds is 15. The van der Waals surface area contributed by atoms with Crippen LogP contribution in [-0.2, 0) is 55.0 Å². The number of amides is 3. The molecule has 0 bridgehead atoms. The van der Waals surface area contributed by atoms with Crippen LogP contribution in [0.5, 0.6) is 0 Å². The van der Waals surface area contributed by atoms with Gasteiger partial charge in [-0.05, 0) is 60.2 Å². The number of nitrogens with two attached hydrogens (primary N) is 1. The Morgan fingerprint density at radius 1 is 0.732 bits per heavy atom. The summed E-state index contributed by atoms with van der Waals surface area (Å²) in [5.74, 6) is -3.45. The van der Waals surface area contributed by atoms with E-state index in [1.807, 2.05) is 0 Å². The molecule has 3 aromatic rings. The highest BCUT2D eigenvalue weighted by atomic mass is 31.2. The molecule has 1 aliphatic heterocycles. The quantitative estimate of drug-likeness (QED) is 0.0799. The van der Waals surface area contributed by atoms with Crippen LogP contribution >= 0.6 is 15.2 Å². The summed E-state index contributed by atoms with van der Waals surface area (Å²) in [5.41, 5.74) is -9.81. The highest BCUT2D eigenvalue weighted by molar-refractivity contribution is 7.52. The van der Waals surface area contributed by atoms with Crippen LogP contribution in [0.25, 0.3) is 0 Å². The third kappa shape index (κ3) is 9.03. The van der Waals surface area contributed by atoms with Crippen molar-refractivity contribution in [1.29, 1.82) is 0 Å². The molecule has 8 N–H and O–H groups in total. The Kier molecular flexibility index (Phi) is 12.2. The van der Waals surface area contributed by atoms with Crippen molar-refractivity contribution in [2.45, 2.75) is 75.3 Å². The maximum Gasteiger partial charge on any atom is 0.442 e. The number of carbonyl (C=O) groups excluding carboxylic acids is 3. The molecule has 3 aromatic carbocycles. The molecule has 2 atom stereocenters. The van der Waals surface area contributed by atoms with Gasteiger partial charge in [-0.3, -0.25) is 23.5 Å². The summed E-state index contributed by atoms with van der Waals surface area (Å²) < 4.78 is 122. The van der Waals surface area contributed by atoms with Gasteiger partial charge in [0, 0.05) is 35.1 Å². The van der Waals surface area contributed by atoms with Crippen LogP contribution in [0.3, 0.4) is 0 Å². The zero-order valence-corrected chi connectivity index (χ0v) is 31.1. The number of carbonyl (C=O) groups is 3. The van der Waals surface area contributed by atoms with Gasteiger partial charge in [-0.1, -0.05) is 49.4 Å². The van der Waals surface area contributed by atoms with E-state index < -0.39 is 97.7 Å². The molecule has 1 heterocycles. The second kappa shape index (κ2) is 15.4. The van der Waals surface area contributed by atoms with E-state index in [-0.39, 0.29) is 39.8 Å². The number of nitrogens with one attached hydrogen (secondary N) is 2. The summed E-state index contributed by atoms with van der Waals surface area (Å²) in [7, 11) is -11.9. The molecule has 0 radical (unpaired) electrons. The summed E-state index contributed by atoms with van der Waals surface area (Å²) >= 11 is 0. The van der Waals surface area contributed by atoms with E-state index in [1.54, 1.807) is 6.92 Å². The fourth-order valence-electron chi connectivity index (χ4n) is 5.78. The van der Waals surface area contributed by atoms with Crippen molar-refractivity contribution >= 4 is 32.9 Å². The third-order valence-electron chi connectivity index (χ3n) is 8.88. The molecule has 0 aromatic heterocycles. The van der Waals surface area contributed by atoms with Crippen molar-refractivity contribution in [3.63, 3.8) is 0 Å². The van der Waals surface area contributed by atoms with Gasteiger partial charge in [0.1, 0.15) is 12.1 Å². The van der Waals surface area contributed by atoms with E-state index in [4.69, 9.17) is 15.5 Å². The highest BCUT2D eigenvalue weighted by Crippen LogP contribution is 2.61. The van der Waals surface area contributed by atoms with Gasteiger partial charge in [0.15, 0.2) is 0 Å². The molecule has 14 nitrogen and oxygen atoms in total. The van der Waals surface area contributed by atoms with E-state index >= 15 is 0 Å². The highest BCUT2D eigenvalue weighted by Gasteiger charge is 2.65. The van der Waals surface area contributed by atoms with Gasteiger partial charge < -0.3 is 35.9 Å². The number of primary amides is 1. The topological polar surface area (TPSA) is 241 Å². The van der Waals surface area contributed by atoms with Gasteiger partial charge in [-0.2, -0.15) is 30.7 Å². The first-order valence-corrected chi connectivity index (χ1v) is 19.4. The van der Waals surface area contributed by atoms with Gasteiger partial charge in [-0.15, -0.1) is 10.2 Å². The van der Waals surface area contributed by atoms with Crippen LogP contribution in [-0.4, -0.2) is 55.6 Å². The Morgan fingerprint density at radius 3 is 1.57 bits per heavy atom. The van der Waals surface area contributed by atoms with Crippen molar-refractivity contribution < 1.29 is 73.8 Å². The molecule has 1 aliphatic rings. The first-order chi connectivity index (χ1) is 25.6. The van der Waals surface area contributed by atoms with Crippen LogP contribution in [0.2, 0.25) is 0 Å². The van der Waals surface area contributed by atoms with Gasteiger partial charge in [0.25, 0.3) is 5.91 Å². The Bertz CT molecular complexity index is 2190. The monoisotopic (exact) mass is 839 g/mol. The summed E-state index contributed by atoms with van der Waals surface area (Å²) in [6.07, 6.45) is -5.85. The molecule has 0 unspecified atom stereocenters. The average molecular weight is 840 g/mol. The maximum absolute atomic E-state index is 14.5. The van der Waals surface area contributed by atoms with Gasteiger partial charge in [-0.25, -0.2) is 0 Å². The van der Waals surface area contributed by atoms with Crippen LogP contribution < -0.4 is 16.4 Å². The Hall–Kier alpha value is -4.52. The second-order valence-corrected chi connectivity index (χ2v) is 16.3. The molecule has 0 saturated heterocycles. The molecule has 3 amide bonds. The first kappa shape index (κ1) is 44.2. The molecule has 56 heavy (non-hydrogen) atoms. The van der Waals surface area contributed by atoms with Crippen LogP contribution in [0.1, 0.15) is 61.8 Å². The minimum absolute atomic E-state index is 0.0237. The molecule has 0 aliphatic carbocycles. The van der Waals surface area contributed by atoms with Crippen molar-refractivity contribution in [3.05, 3.63) is 105 Å². The fourth-order valence-corrected chi connectivity index (χ4v) is 6.91. The molecule has 4 rings (SSSR count). The van der Waals surface area contributed by atoms with Crippen LogP contribution in [0.4, 0.5) is 30.7 Å². The Balaban J connectivity index is 1.70. The average Bonchev–Trinajstić information content (AvgIpc) is 3.89. The summed E-state index contributed by atoms with van der Waals surface area (Å²) in [5, 5.41) is 10.9. The van der Waals surface area contributed by atoms with Gasteiger partial charge >= 0.3 is 38.4 Å². The largest absolute Gasteiger partial charge is 0.442 e. The minimum Gasteiger partial charge on any atom is -0.368 e. The van der Waals surface area contributed by atoms with E-state index in [9.17, 15) is 64.0 Å². The molecule has 0 saturated carbocycles. The number of aryl methyl sites for hydroxylation is 3. The van der Waals surface area contributed by atoms with E-state index in [1.165, 1.54) is 6.07 Å². The molecule has 304 valence electrons. The lowest BCUT2D eigenvalue weighted by molar-refractivity contribution is -0.166. The number of nitrogens with zero attached hydrogens (tertiary/aromatic N) is 2. The normalized spacial score (nSPS) is 15.5. The minimum atomic E-state index is -5.99. The Morgan fingerprint density at radius 2 is 1.20 bits per heavy atom. The third-order valence-corrected chi connectivity index (χ3v) is 10.8. The van der Waals surface area contributed by atoms with Crippen molar-refractivity contribution in [3.8, 4) is 0 Å². The SMILES string of the molecule is CCc1cc(C(=O)N[C@@H](Cc2ccc(C(F)(F)P(=O)(O)O)c(C)c2)C(=O)N[C@@H](Cc2ccc(C(F)(F)P(=O)(O)O)c(C)c2)C(N)=O)cc(C2(C(F)(F)F)N=N2)c1. The molecule has 23 heteroatoms. The van der Waals surface area contributed by atoms with Crippen LogP contribution in [0, 0.1) is 13.8 Å². The zero-order valence-electron chi connectivity index (χ0n) is 29.3. The van der Waals surface area contributed by atoms with E-state index in [0.29, 0.717) is 12.1 Å². The Labute approximate surface area is 313 Å². The number of halogens is 7. The number of hydrogen-bond acceptors (Lipinski definition) is 7. The van der Waals surface area contributed by atoms with E-state index in [0.717, 1.165) is 50.2 Å². The summed E-state index contributed by atoms with van der Waals surface area (Å²) in [4.78, 5) is 76.5. The lowest BCUT2D eigenvalue weighted by Gasteiger charge is -2.24. The van der Waals surface area contributed by atoms with Gasteiger partial charge in [0.2, 0.25) is 11.8 Å². The fraction of sp³-hybridized carbons (Fsp3) is 0.364. The number of benzene rings is 3. The van der Waals surface area contributed by atoms with Crippen molar-refractivity contribution in [2.75, 3.05) is 0 Å². The molecular weight excluding hydrogens is 805 g/mol. The summed E-state index contributed by atoms with van der Waals surface area (Å²) in [6, 6.07) is 5.30. The van der Waals surface area contributed by atoms with Crippen LogP contribution in [0.15, 0.2) is 64.8 Å². The predicted octanol–water partition coefficient (Wildman–Crippen LogP) is 5.05. The zero-order chi connectivity index (χ0) is 42.4. The van der Waals surface area contributed by atoms with Crippen molar-refractivity contribution in [1.82, 2.24) is 10.6 Å². The van der Waals surface area contributed by atoms with E-state index in [2.05, 4.69) is 20.9 Å². The summed E-state index contributed by atoms with van der Waals surface area (Å²) in [6.45, 7) is 3.78. The molecular formula is C33H34F7N5O9P2. The molecule has 0 fully saturated rings. The maximum atomic E-state index is 14.5. The smallest absolute Gasteiger partial charge is 0.368 e. The number of alkyl halides is 7. The lowest BCUT2D eigenvalue weighted by Crippen LogP contribution is -2.54. The van der Waals surface area contributed by atoms with Crippen molar-refractivity contribution in [2.24, 2.45) is 16.0 Å². The predicted molar refractivity (Wildman–Crippen MR) is 182 cm³/mol. The van der Waals surface area contributed by atoms with Gasteiger partial charge in [0.05, 0.1) is 0 Å². The molecule has 0 spiro atoms. The number of hydrogen-bond donors (Lipinski definition) is 7. The lowest BCUT2D eigenvalue weighted by atomic mass is 9.95. The first-order valence-electron chi connectivity index (χ1n) is 16.2. The second-order valence-electron chi connectivity index (χ2n) is 13.0. The standard InChI is InChI=1S/C33H34F7N5O9P2/c1-4-18-11-21(15-22(12-18)30(44-45-30)33(38,39)40)28(47)43-26(14-20-6-8-24(17(3)10-20)32(36,37)56(52,53)54)29(48)42-25(27(41)46)13-19-5-7-23(16(2)9-19)31(34,35)55(49,50)51/h5-12,15,25-26H,4,13-14H2,1-3H3,(H2,41,46)(H,42,48)(H,43,47)(H2,49,50,51)(H2,52,53,54)/t25-,26-/m0/s1.